The van der Waals surface area contributed by atoms with Crippen molar-refractivity contribution in [2.45, 2.75) is 19.1 Å². The summed E-state index contributed by atoms with van der Waals surface area (Å²) in [5.41, 5.74) is 0.670. The van der Waals surface area contributed by atoms with E-state index >= 15 is 0 Å². The third-order valence-electron chi connectivity index (χ3n) is 4.81. The van der Waals surface area contributed by atoms with E-state index in [4.69, 9.17) is 14.2 Å². The van der Waals surface area contributed by atoms with Gasteiger partial charge in [0.15, 0.2) is 11.5 Å². The van der Waals surface area contributed by atoms with Gasteiger partial charge in [0.25, 0.3) is 11.6 Å². The Morgan fingerprint density at radius 1 is 1.11 bits per heavy atom. The van der Waals surface area contributed by atoms with Crippen molar-refractivity contribution >= 4 is 11.6 Å². The van der Waals surface area contributed by atoms with Crippen LogP contribution in [0.2, 0.25) is 0 Å². The van der Waals surface area contributed by atoms with Crippen LogP contribution in [0.4, 0.5) is 5.69 Å². The van der Waals surface area contributed by atoms with Crippen molar-refractivity contribution in [2.75, 3.05) is 26.3 Å². The maximum atomic E-state index is 13.2. The van der Waals surface area contributed by atoms with Crippen molar-refractivity contribution in [3.63, 3.8) is 0 Å². The maximum Gasteiger partial charge on any atom is 0.286 e. The molecule has 0 saturated carbocycles. The lowest BCUT2D eigenvalue weighted by Gasteiger charge is -2.37. The van der Waals surface area contributed by atoms with E-state index in [9.17, 15) is 14.9 Å². The first-order chi connectivity index (χ1) is 13.5. The number of nitro benzene ring substituents is 1. The predicted molar refractivity (Wildman–Crippen MR) is 99.7 cm³/mol. The molecule has 1 fully saturated rings. The van der Waals surface area contributed by atoms with Crippen LogP contribution in [0.25, 0.3) is 0 Å². The lowest BCUT2D eigenvalue weighted by atomic mass is 10.0. The molecular weight excluding hydrogens is 364 g/mol. The van der Waals surface area contributed by atoms with E-state index in [2.05, 4.69) is 0 Å². The van der Waals surface area contributed by atoms with E-state index in [0.29, 0.717) is 32.1 Å². The molecule has 8 nitrogen and oxygen atoms in total. The summed E-state index contributed by atoms with van der Waals surface area (Å²) in [6, 6.07) is 12.3. The van der Waals surface area contributed by atoms with Crippen LogP contribution in [0.1, 0.15) is 28.9 Å². The number of hydrogen-bond acceptors (Lipinski definition) is 6. The SMILES string of the molecule is CC1CN(C(=O)c2cc3c(cc2[N+](=O)[O-])OCCO3)CC(c2ccccc2)O1. The number of ether oxygens (including phenoxy) is 3. The van der Waals surface area contributed by atoms with Crippen molar-refractivity contribution in [3.8, 4) is 11.5 Å². The van der Waals surface area contributed by atoms with Gasteiger partial charge in [-0.05, 0) is 12.5 Å². The van der Waals surface area contributed by atoms with Crippen LogP contribution >= 0.6 is 0 Å². The summed E-state index contributed by atoms with van der Waals surface area (Å²) >= 11 is 0. The minimum absolute atomic E-state index is 0.00448. The first kappa shape index (κ1) is 18.2. The largest absolute Gasteiger partial charge is 0.486 e. The molecule has 2 atom stereocenters. The second kappa shape index (κ2) is 7.47. The summed E-state index contributed by atoms with van der Waals surface area (Å²) < 4.78 is 16.9. The van der Waals surface area contributed by atoms with E-state index in [1.165, 1.54) is 12.1 Å². The smallest absolute Gasteiger partial charge is 0.286 e. The quantitative estimate of drug-likeness (QED) is 0.597. The van der Waals surface area contributed by atoms with Crippen LogP contribution in [-0.4, -0.2) is 48.1 Å². The minimum atomic E-state index is -0.565. The number of rotatable bonds is 3. The zero-order valence-corrected chi connectivity index (χ0v) is 15.4. The molecule has 0 bridgehead atoms. The molecule has 2 heterocycles. The number of benzene rings is 2. The van der Waals surface area contributed by atoms with Gasteiger partial charge in [-0.3, -0.25) is 14.9 Å². The average molecular weight is 384 g/mol. The Kier molecular flexibility index (Phi) is 4.87. The molecule has 0 aliphatic carbocycles. The van der Waals surface area contributed by atoms with E-state index in [1.54, 1.807) is 4.90 Å². The Balaban J connectivity index is 1.65. The molecule has 2 aromatic rings. The molecule has 2 aliphatic heterocycles. The number of amides is 1. The van der Waals surface area contributed by atoms with Gasteiger partial charge in [0.1, 0.15) is 24.9 Å². The van der Waals surface area contributed by atoms with E-state index < -0.39 is 10.8 Å². The van der Waals surface area contributed by atoms with Gasteiger partial charge in [0.05, 0.1) is 23.6 Å². The fourth-order valence-corrected chi connectivity index (χ4v) is 3.54. The van der Waals surface area contributed by atoms with Gasteiger partial charge in [-0.15, -0.1) is 0 Å². The first-order valence-corrected chi connectivity index (χ1v) is 9.10. The maximum absolute atomic E-state index is 13.2. The molecule has 0 spiro atoms. The molecule has 1 saturated heterocycles. The molecule has 2 unspecified atom stereocenters. The lowest BCUT2D eigenvalue weighted by Crippen LogP contribution is -2.46. The highest BCUT2D eigenvalue weighted by molar-refractivity contribution is 5.99. The van der Waals surface area contributed by atoms with Crippen LogP contribution in [0.15, 0.2) is 42.5 Å². The molecule has 0 aromatic heterocycles. The zero-order valence-electron chi connectivity index (χ0n) is 15.4. The van der Waals surface area contributed by atoms with Gasteiger partial charge >= 0.3 is 0 Å². The Morgan fingerprint density at radius 2 is 1.79 bits per heavy atom. The molecule has 2 aromatic carbocycles. The monoisotopic (exact) mass is 384 g/mol. The molecule has 8 heteroatoms. The zero-order chi connectivity index (χ0) is 19.7. The number of nitro groups is 1. The van der Waals surface area contributed by atoms with Gasteiger partial charge in [0, 0.05) is 12.6 Å². The Morgan fingerprint density at radius 3 is 2.46 bits per heavy atom. The third kappa shape index (κ3) is 3.50. The highest BCUT2D eigenvalue weighted by atomic mass is 16.6. The second-order valence-electron chi connectivity index (χ2n) is 6.83. The van der Waals surface area contributed by atoms with Crippen LogP contribution < -0.4 is 9.47 Å². The molecule has 146 valence electrons. The molecule has 2 aliphatic rings. The van der Waals surface area contributed by atoms with Crippen molar-refractivity contribution in [2.24, 2.45) is 0 Å². The van der Waals surface area contributed by atoms with Crippen LogP contribution in [0, 0.1) is 10.1 Å². The van der Waals surface area contributed by atoms with E-state index in [-0.39, 0.29) is 29.2 Å². The molecule has 28 heavy (non-hydrogen) atoms. The van der Waals surface area contributed by atoms with E-state index in [0.717, 1.165) is 5.56 Å². The number of fused-ring (bicyclic) bond motifs is 1. The fourth-order valence-electron chi connectivity index (χ4n) is 3.54. The number of nitrogens with zero attached hydrogens (tertiary/aromatic N) is 2. The summed E-state index contributed by atoms with van der Waals surface area (Å²) in [6.45, 7) is 3.21. The first-order valence-electron chi connectivity index (χ1n) is 9.10. The Hall–Kier alpha value is -3.13. The summed E-state index contributed by atoms with van der Waals surface area (Å²) in [4.78, 5) is 25.8. The number of carbonyl (C=O) groups excluding carboxylic acids is 1. The van der Waals surface area contributed by atoms with Crippen molar-refractivity contribution in [1.29, 1.82) is 0 Å². The van der Waals surface area contributed by atoms with Gasteiger partial charge in [0.2, 0.25) is 0 Å². The van der Waals surface area contributed by atoms with Crippen molar-refractivity contribution in [1.82, 2.24) is 4.90 Å². The summed E-state index contributed by atoms with van der Waals surface area (Å²) in [5, 5.41) is 11.6. The minimum Gasteiger partial charge on any atom is -0.486 e. The number of hydrogen-bond donors (Lipinski definition) is 0. The summed E-state index contributed by atoms with van der Waals surface area (Å²) in [6.07, 6.45) is -0.482. The van der Waals surface area contributed by atoms with Crippen LogP contribution in [0.5, 0.6) is 11.5 Å². The van der Waals surface area contributed by atoms with Crippen LogP contribution in [-0.2, 0) is 4.74 Å². The molecule has 1 amide bonds. The predicted octanol–water partition coefficient (Wildman–Crippen LogP) is 2.97. The summed E-state index contributed by atoms with van der Waals surface area (Å²) in [5.74, 6) is 0.216. The van der Waals surface area contributed by atoms with Crippen molar-refractivity contribution in [3.05, 3.63) is 63.7 Å². The molecular formula is C20H20N2O6. The standard InChI is InChI=1S/C20H20N2O6/c1-13-11-21(12-19(28-13)14-5-3-2-4-6-14)20(23)15-9-17-18(27-8-7-26-17)10-16(15)22(24)25/h2-6,9-10,13,19H,7-8,11-12H2,1H3. The highest BCUT2D eigenvalue weighted by Gasteiger charge is 2.34. The Bertz CT molecular complexity index is 901. The number of carbonyl (C=O) groups is 1. The van der Waals surface area contributed by atoms with Crippen LogP contribution in [0.3, 0.4) is 0 Å². The van der Waals surface area contributed by atoms with Gasteiger partial charge in [-0.25, -0.2) is 0 Å². The molecule has 0 N–H and O–H groups in total. The van der Waals surface area contributed by atoms with Crippen molar-refractivity contribution < 1.29 is 23.9 Å². The van der Waals surface area contributed by atoms with Gasteiger partial charge < -0.3 is 19.1 Å². The fraction of sp³-hybridized carbons (Fsp3) is 0.350. The number of morpholine rings is 1. The van der Waals surface area contributed by atoms with Gasteiger partial charge in [-0.1, -0.05) is 30.3 Å². The topological polar surface area (TPSA) is 91.1 Å². The second-order valence-corrected chi connectivity index (χ2v) is 6.83. The molecule has 0 radical (unpaired) electrons. The summed E-state index contributed by atoms with van der Waals surface area (Å²) in [7, 11) is 0. The third-order valence-corrected chi connectivity index (χ3v) is 4.81. The lowest BCUT2D eigenvalue weighted by molar-refractivity contribution is -0.385. The normalized spacial score (nSPS) is 21.2. The Labute approximate surface area is 161 Å². The average Bonchev–Trinajstić information content (AvgIpc) is 2.72. The van der Waals surface area contributed by atoms with Gasteiger partial charge in [-0.2, -0.15) is 0 Å². The highest BCUT2D eigenvalue weighted by Crippen LogP contribution is 2.37. The molecule has 4 rings (SSSR count). The van der Waals surface area contributed by atoms with E-state index in [1.807, 2.05) is 37.3 Å².